The van der Waals surface area contributed by atoms with E-state index in [0.717, 1.165) is 6.54 Å². The molecule has 1 aliphatic rings. The number of ether oxygens (including phenoxy) is 1. The molecule has 5 heteroatoms. The van der Waals surface area contributed by atoms with E-state index < -0.39 is 0 Å². The van der Waals surface area contributed by atoms with Crippen molar-refractivity contribution in [2.75, 3.05) is 33.4 Å². The van der Waals surface area contributed by atoms with Crippen LogP contribution in [-0.4, -0.2) is 50.1 Å². The summed E-state index contributed by atoms with van der Waals surface area (Å²) in [4.78, 5) is 24.5. The third-order valence-corrected chi connectivity index (χ3v) is 2.64. The maximum atomic E-state index is 11.6. The average Bonchev–Trinajstić information content (AvgIpc) is 2.20. The van der Waals surface area contributed by atoms with Crippen LogP contribution in [0.4, 0.5) is 0 Å². The maximum absolute atomic E-state index is 11.6. The van der Waals surface area contributed by atoms with E-state index in [1.165, 1.54) is 4.90 Å². The summed E-state index contributed by atoms with van der Waals surface area (Å²) in [5.74, 6) is 0.104. The minimum atomic E-state index is -0.0442. The molecule has 16 heavy (non-hydrogen) atoms. The molecule has 1 aliphatic heterocycles. The summed E-state index contributed by atoms with van der Waals surface area (Å²) in [5, 5.41) is 3.11. The number of likely N-dealkylation sites (tertiary alicyclic amines) is 1. The number of imide groups is 1. The Hall–Kier alpha value is -0.940. The normalized spacial score (nSPS) is 18.2. The fraction of sp³-hybridized carbons (Fsp3) is 0.818. The Labute approximate surface area is 96.1 Å². The van der Waals surface area contributed by atoms with Crippen LogP contribution in [0.1, 0.15) is 19.8 Å². The molecule has 1 heterocycles. The summed E-state index contributed by atoms with van der Waals surface area (Å²) < 4.78 is 4.88. The van der Waals surface area contributed by atoms with E-state index in [2.05, 4.69) is 5.32 Å². The number of nitrogens with one attached hydrogen (secondary N) is 1. The monoisotopic (exact) mass is 228 g/mol. The fourth-order valence-electron chi connectivity index (χ4n) is 1.77. The zero-order chi connectivity index (χ0) is 12.0. The molecule has 92 valence electrons. The third kappa shape index (κ3) is 3.90. The van der Waals surface area contributed by atoms with Crippen LogP contribution < -0.4 is 5.32 Å². The molecule has 0 aliphatic carbocycles. The van der Waals surface area contributed by atoms with Gasteiger partial charge in [-0.3, -0.25) is 14.5 Å². The maximum Gasteiger partial charge on any atom is 0.229 e. The molecule has 2 amide bonds. The predicted molar refractivity (Wildman–Crippen MR) is 59.9 cm³/mol. The van der Waals surface area contributed by atoms with Crippen molar-refractivity contribution >= 4 is 11.8 Å². The Morgan fingerprint density at radius 3 is 2.50 bits per heavy atom. The first-order chi connectivity index (χ1) is 7.65. The number of carbonyl (C=O) groups excluding carboxylic acids is 2. The molecule has 1 rings (SSSR count). The van der Waals surface area contributed by atoms with Crippen LogP contribution in [0, 0.1) is 5.92 Å². The lowest BCUT2D eigenvalue weighted by molar-refractivity contribution is -0.149. The largest absolute Gasteiger partial charge is 0.383 e. The van der Waals surface area contributed by atoms with Crippen LogP contribution in [0.15, 0.2) is 0 Å². The molecule has 1 N–H and O–H groups in total. The number of methoxy groups -OCH3 is 1. The SMILES string of the molecule is COCCNCCN1C(=O)CC(C)CC1=O. The summed E-state index contributed by atoms with van der Waals surface area (Å²) in [7, 11) is 1.64. The van der Waals surface area contributed by atoms with Crippen molar-refractivity contribution in [3.63, 3.8) is 0 Å². The molecule has 0 atom stereocenters. The summed E-state index contributed by atoms with van der Waals surface area (Å²) in [6.07, 6.45) is 0.980. The lowest BCUT2D eigenvalue weighted by Crippen LogP contribution is -2.45. The van der Waals surface area contributed by atoms with Crippen molar-refractivity contribution in [1.82, 2.24) is 10.2 Å². The molecular formula is C11H20N2O3. The molecule has 0 aromatic heterocycles. The van der Waals surface area contributed by atoms with E-state index in [1.807, 2.05) is 6.92 Å². The molecule has 1 saturated heterocycles. The lowest BCUT2D eigenvalue weighted by atomic mass is 9.98. The Kier molecular flexibility index (Phi) is 5.42. The predicted octanol–water partition coefficient (Wildman–Crippen LogP) is 0.00750. The minimum Gasteiger partial charge on any atom is -0.383 e. The summed E-state index contributed by atoms with van der Waals surface area (Å²) >= 11 is 0. The van der Waals surface area contributed by atoms with E-state index in [0.29, 0.717) is 32.5 Å². The quantitative estimate of drug-likeness (QED) is 0.514. The van der Waals surface area contributed by atoms with Gasteiger partial charge < -0.3 is 10.1 Å². The topological polar surface area (TPSA) is 58.6 Å². The highest BCUT2D eigenvalue weighted by Gasteiger charge is 2.29. The van der Waals surface area contributed by atoms with E-state index in [-0.39, 0.29) is 17.7 Å². The van der Waals surface area contributed by atoms with Gasteiger partial charge >= 0.3 is 0 Å². The average molecular weight is 228 g/mol. The molecule has 0 radical (unpaired) electrons. The van der Waals surface area contributed by atoms with Gasteiger partial charge in [-0.2, -0.15) is 0 Å². The zero-order valence-corrected chi connectivity index (χ0v) is 9.99. The van der Waals surface area contributed by atoms with Gasteiger partial charge in [0.25, 0.3) is 0 Å². The first kappa shape index (κ1) is 13.1. The first-order valence-electron chi connectivity index (χ1n) is 5.68. The third-order valence-electron chi connectivity index (χ3n) is 2.64. The fourth-order valence-corrected chi connectivity index (χ4v) is 1.77. The second-order valence-corrected chi connectivity index (χ2v) is 4.20. The molecule has 0 spiro atoms. The van der Waals surface area contributed by atoms with Crippen molar-refractivity contribution in [1.29, 1.82) is 0 Å². The highest BCUT2D eigenvalue weighted by Crippen LogP contribution is 2.17. The smallest absolute Gasteiger partial charge is 0.229 e. The second kappa shape index (κ2) is 6.60. The molecule has 0 saturated carbocycles. The molecule has 5 nitrogen and oxygen atoms in total. The van der Waals surface area contributed by atoms with E-state index in [1.54, 1.807) is 7.11 Å². The number of rotatable bonds is 6. The van der Waals surface area contributed by atoms with Gasteiger partial charge in [0, 0.05) is 39.6 Å². The minimum absolute atomic E-state index is 0.0442. The number of amides is 2. The Bertz CT molecular complexity index is 238. The van der Waals surface area contributed by atoms with Crippen LogP contribution >= 0.6 is 0 Å². The highest BCUT2D eigenvalue weighted by atomic mass is 16.5. The van der Waals surface area contributed by atoms with Gasteiger partial charge in [0.05, 0.1) is 6.61 Å². The van der Waals surface area contributed by atoms with Crippen LogP contribution in [0.25, 0.3) is 0 Å². The van der Waals surface area contributed by atoms with E-state index >= 15 is 0 Å². The van der Waals surface area contributed by atoms with Gasteiger partial charge in [-0.05, 0) is 5.92 Å². The molecule has 0 aromatic rings. The Balaban J connectivity index is 2.25. The number of nitrogens with zero attached hydrogens (tertiary/aromatic N) is 1. The molecule has 0 unspecified atom stereocenters. The second-order valence-electron chi connectivity index (χ2n) is 4.20. The molecule has 0 bridgehead atoms. The van der Waals surface area contributed by atoms with Crippen molar-refractivity contribution < 1.29 is 14.3 Å². The van der Waals surface area contributed by atoms with Gasteiger partial charge in [0.15, 0.2) is 0 Å². The number of hydrogen-bond donors (Lipinski definition) is 1. The standard InChI is InChI=1S/C11H20N2O3/c1-9-7-10(14)13(11(15)8-9)5-3-12-4-6-16-2/h9,12H,3-8H2,1-2H3. The molecule has 0 aromatic carbocycles. The molecule has 1 fully saturated rings. The van der Waals surface area contributed by atoms with Gasteiger partial charge in [-0.1, -0.05) is 6.92 Å². The van der Waals surface area contributed by atoms with Crippen LogP contribution in [-0.2, 0) is 14.3 Å². The van der Waals surface area contributed by atoms with Gasteiger partial charge in [-0.15, -0.1) is 0 Å². The number of piperidine rings is 1. The summed E-state index contributed by atoms with van der Waals surface area (Å²) in [6.45, 7) is 4.41. The van der Waals surface area contributed by atoms with Crippen molar-refractivity contribution in [3.8, 4) is 0 Å². The van der Waals surface area contributed by atoms with Crippen LogP contribution in [0.2, 0.25) is 0 Å². The number of carbonyl (C=O) groups is 2. The lowest BCUT2D eigenvalue weighted by Gasteiger charge is -2.28. The van der Waals surface area contributed by atoms with Gasteiger partial charge in [0.2, 0.25) is 11.8 Å². The molecular weight excluding hydrogens is 208 g/mol. The zero-order valence-electron chi connectivity index (χ0n) is 9.99. The Morgan fingerprint density at radius 1 is 1.31 bits per heavy atom. The van der Waals surface area contributed by atoms with Crippen molar-refractivity contribution in [3.05, 3.63) is 0 Å². The van der Waals surface area contributed by atoms with E-state index in [4.69, 9.17) is 4.74 Å². The Morgan fingerprint density at radius 2 is 1.94 bits per heavy atom. The van der Waals surface area contributed by atoms with Crippen LogP contribution in [0.5, 0.6) is 0 Å². The van der Waals surface area contributed by atoms with E-state index in [9.17, 15) is 9.59 Å². The van der Waals surface area contributed by atoms with Gasteiger partial charge in [0.1, 0.15) is 0 Å². The van der Waals surface area contributed by atoms with Crippen molar-refractivity contribution in [2.24, 2.45) is 5.92 Å². The highest BCUT2D eigenvalue weighted by molar-refractivity contribution is 5.97. The number of hydrogen-bond acceptors (Lipinski definition) is 4. The summed E-state index contributed by atoms with van der Waals surface area (Å²) in [5.41, 5.74) is 0. The first-order valence-corrected chi connectivity index (χ1v) is 5.68. The van der Waals surface area contributed by atoms with Gasteiger partial charge in [-0.25, -0.2) is 0 Å². The van der Waals surface area contributed by atoms with Crippen molar-refractivity contribution in [2.45, 2.75) is 19.8 Å². The summed E-state index contributed by atoms with van der Waals surface area (Å²) in [6, 6.07) is 0. The van der Waals surface area contributed by atoms with Crippen LogP contribution in [0.3, 0.4) is 0 Å².